The second kappa shape index (κ2) is 6.56. The third-order valence-corrected chi connectivity index (χ3v) is 4.96. The lowest BCUT2D eigenvalue weighted by atomic mass is 9.77. The fraction of sp³-hybridized carbons (Fsp3) is 0.250. The van der Waals surface area contributed by atoms with Crippen LogP contribution in [0, 0.1) is 16.0 Å². The SMILES string of the molecule is CCOC(=O)C1=C(C)N=C2c3ccccc3C(=O)[C@@H]2[C@@H]1c1ccc([N+](=O)[O-])o1. The highest BCUT2D eigenvalue weighted by atomic mass is 16.6. The van der Waals surface area contributed by atoms with E-state index in [-0.39, 0.29) is 23.7 Å². The summed E-state index contributed by atoms with van der Waals surface area (Å²) >= 11 is 0. The van der Waals surface area contributed by atoms with Crippen LogP contribution in [0.4, 0.5) is 5.88 Å². The second-order valence-corrected chi connectivity index (χ2v) is 6.51. The summed E-state index contributed by atoms with van der Waals surface area (Å²) in [5.41, 5.74) is 2.33. The molecule has 2 heterocycles. The average molecular weight is 380 g/mol. The molecule has 2 aliphatic rings. The molecule has 1 aromatic heterocycles. The Hall–Kier alpha value is -3.55. The van der Waals surface area contributed by atoms with Gasteiger partial charge in [0.2, 0.25) is 0 Å². The Kier molecular flexibility index (Phi) is 4.18. The first-order chi connectivity index (χ1) is 13.4. The van der Waals surface area contributed by atoms with Crippen LogP contribution in [0.2, 0.25) is 0 Å². The van der Waals surface area contributed by atoms with Gasteiger partial charge in [-0.05, 0) is 19.9 Å². The summed E-state index contributed by atoms with van der Waals surface area (Å²) in [5, 5.41) is 11.1. The Morgan fingerprint density at radius 1 is 1.21 bits per heavy atom. The van der Waals surface area contributed by atoms with Gasteiger partial charge in [0, 0.05) is 16.8 Å². The van der Waals surface area contributed by atoms with Gasteiger partial charge in [-0.1, -0.05) is 24.3 Å². The molecule has 8 nitrogen and oxygen atoms in total. The van der Waals surface area contributed by atoms with Gasteiger partial charge in [-0.3, -0.25) is 19.9 Å². The number of Topliss-reactive ketones (excluding diaryl/α,β-unsaturated/α-hetero) is 1. The third kappa shape index (κ3) is 2.57. The molecule has 0 bridgehead atoms. The molecular weight excluding hydrogens is 364 g/mol. The number of carbonyl (C=O) groups is 2. The van der Waals surface area contributed by atoms with Crippen molar-refractivity contribution in [2.45, 2.75) is 19.8 Å². The minimum Gasteiger partial charge on any atom is -0.463 e. The number of nitro groups is 1. The molecule has 0 saturated carbocycles. The predicted molar refractivity (Wildman–Crippen MR) is 98.2 cm³/mol. The van der Waals surface area contributed by atoms with Gasteiger partial charge in [-0.15, -0.1) is 0 Å². The van der Waals surface area contributed by atoms with Crippen LogP contribution in [0.5, 0.6) is 0 Å². The first kappa shape index (κ1) is 17.8. The summed E-state index contributed by atoms with van der Waals surface area (Å²) < 4.78 is 10.6. The Morgan fingerprint density at radius 2 is 1.93 bits per heavy atom. The van der Waals surface area contributed by atoms with E-state index in [2.05, 4.69) is 4.99 Å². The van der Waals surface area contributed by atoms with Gasteiger partial charge in [0.25, 0.3) is 0 Å². The number of furan rings is 1. The molecule has 0 saturated heterocycles. The van der Waals surface area contributed by atoms with Gasteiger partial charge in [0.05, 0.1) is 35.8 Å². The van der Waals surface area contributed by atoms with E-state index in [1.165, 1.54) is 12.1 Å². The summed E-state index contributed by atoms with van der Waals surface area (Å²) in [6.07, 6.45) is 0. The van der Waals surface area contributed by atoms with Gasteiger partial charge >= 0.3 is 11.9 Å². The lowest BCUT2D eigenvalue weighted by molar-refractivity contribution is -0.402. The highest BCUT2D eigenvalue weighted by Gasteiger charge is 2.49. The van der Waals surface area contributed by atoms with Crippen molar-refractivity contribution in [2.24, 2.45) is 10.9 Å². The first-order valence-electron chi connectivity index (χ1n) is 8.78. The minimum atomic E-state index is -0.847. The zero-order valence-corrected chi connectivity index (χ0v) is 15.2. The standard InChI is InChI=1S/C20H16N2O6/c1-3-27-20(24)15-10(2)21-18-11-6-4-5-7-12(11)19(23)17(18)16(15)13-8-9-14(28-13)22(25)26/h4-9,16-17H,3H2,1-2H3/t16-,17-/m1/s1. The fourth-order valence-corrected chi connectivity index (χ4v) is 3.85. The summed E-state index contributed by atoms with van der Waals surface area (Å²) in [6, 6.07) is 9.72. The Morgan fingerprint density at radius 3 is 2.57 bits per heavy atom. The lowest BCUT2D eigenvalue weighted by Gasteiger charge is -2.27. The van der Waals surface area contributed by atoms with Gasteiger partial charge < -0.3 is 9.15 Å². The van der Waals surface area contributed by atoms with E-state index >= 15 is 0 Å². The molecule has 1 aromatic carbocycles. The number of esters is 1. The van der Waals surface area contributed by atoms with Crippen LogP contribution in [-0.4, -0.2) is 29.0 Å². The van der Waals surface area contributed by atoms with Crippen LogP contribution < -0.4 is 0 Å². The van der Waals surface area contributed by atoms with Crippen LogP contribution >= 0.6 is 0 Å². The van der Waals surface area contributed by atoms with Crippen molar-refractivity contribution in [1.82, 2.24) is 0 Å². The number of fused-ring (bicyclic) bond motifs is 3. The van der Waals surface area contributed by atoms with E-state index in [0.717, 1.165) is 0 Å². The van der Waals surface area contributed by atoms with E-state index in [1.807, 2.05) is 6.07 Å². The number of ether oxygens (including phenoxy) is 1. The summed E-state index contributed by atoms with van der Waals surface area (Å²) in [4.78, 5) is 40.8. The summed E-state index contributed by atoms with van der Waals surface area (Å²) in [5.74, 6) is -2.76. The van der Waals surface area contributed by atoms with Gasteiger partial charge in [0.15, 0.2) is 5.78 Å². The molecule has 0 radical (unpaired) electrons. The number of nitrogens with zero attached hydrogens (tertiary/aromatic N) is 2. The third-order valence-electron chi connectivity index (χ3n) is 4.96. The van der Waals surface area contributed by atoms with Crippen molar-refractivity contribution in [3.05, 3.63) is 74.7 Å². The number of rotatable bonds is 4. The topological polar surface area (TPSA) is 112 Å². The van der Waals surface area contributed by atoms with Gasteiger partial charge in [-0.25, -0.2) is 4.79 Å². The van der Waals surface area contributed by atoms with Crippen molar-refractivity contribution < 1.29 is 23.7 Å². The molecule has 1 aliphatic heterocycles. The van der Waals surface area contributed by atoms with Crippen LogP contribution in [0.15, 0.2) is 57.1 Å². The maximum Gasteiger partial charge on any atom is 0.433 e. The van der Waals surface area contributed by atoms with E-state index in [0.29, 0.717) is 22.5 Å². The quantitative estimate of drug-likeness (QED) is 0.456. The molecular formula is C20H16N2O6. The summed E-state index contributed by atoms with van der Waals surface area (Å²) in [6.45, 7) is 3.48. The molecule has 28 heavy (non-hydrogen) atoms. The van der Waals surface area contributed by atoms with Crippen molar-refractivity contribution >= 4 is 23.3 Å². The summed E-state index contributed by atoms with van der Waals surface area (Å²) in [7, 11) is 0. The van der Waals surface area contributed by atoms with Crippen molar-refractivity contribution in [2.75, 3.05) is 6.61 Å². The van der Waals surface area contributed by atoms with Gasteiger partial charge in [0.1, 0.15) is 10.7 Å². The van der Waals surface area contributed by atoms with Crippen LogP contribution in [0.1, 0.15) is 41.4 Å². The number of aliphatic imine (C=N–C) groups is 1. The maximum atomic E-state index is 13.2. The normalized spacial score (nSPS) is 20.5. The highest BCUT2D eigenvalue weighted by Crippen LogP contribution is 2.46. The number of ketones is 1. The number of benzene rings is 1. The molecule has 0 spiro atoms. The highest BCUT2D eigenvalue weighted by molar-refractivity contribution is 6.30. The van der Waals surface area contributed by atoms with Crippen LogP contribution in [-0.2, 0) is 9.53 Å². The van der Waals surface area contributed by atoms with E-state index in [1.54, 1.807) is 32.0 Å². The molecule has 8 heteroatoms. The monoisotopic (exact) mass is 380 g/mol. The van der Waals surface area contributed by atoms with Crippen molar-refractivity contribution in [1.29, 1.82) is 0 Å². The van der Waals surface area contributed by atoms with E-state index in [9.17, 15) is 19.7 Å². The molecule has 1 aliphatic carbocycles. The average Bonchev–Trinajstić information content (AvgIpc) is 3.26. The van der Waals surface area contributed by atoms with Gasteiger partial charge in [-0.2, -0.15) is 0 Å². The van der Waals surface area contributed by atoms with E-state index < -0.39 is 28.6 Å². The predicted octanol–water partition coefficient (Wildman–Crippen LogP) is 3.42. The zero-order chi connectivity index (χ0) is 20.0. The molecule has 4 rings (SSSR count). The Bertz CT molecular complexity index is 1080. The van der Waals surface area contributed by atoms with Crippen LogP contribution in [0.25, 0.3) is 0 Å². The molecule has 0 unspecified atom stereocenters. The van der Waals surface area contributed by atoms with Crippen molar-refractivity contribution in [3.63, 3.8) is 0 Å². The molecule has 2 aromatic rings. The van der Waals surface area contributed by atoms with E-state index in [4.69, 9.17) is 9.15 Å². The minimum absolute atomic E-state index is 0.149. The molecule has 142 valence electrons. The Balaban J connectivity index is 1.92. The largest absolute Gasteiger partial charge is 0.463 e. The van der Waals surface area contributed by atoms with Crippen molar-refractivity contribution in [3.8, 4) is 0 Å². The molecule has 0 amide bonds. The zero-order valence-electron chi connectivity index (χ0n) is 15.2. The maximum absolute atomic E-state index is 13.2. The molecule has 0 N–H and O–H groups in total. The lowest BCUT2D eigenvalue weighted by Crippen LogP contribution is -2.32. The smallest absolute Gasteiger partial charge is 0.433 e. The Labute approximate surface area is 159 Å². The molecule has 2 atom stereocenters. The second-order valence-electron chi connectivity index (χ2n) is 6.51. The number of hydrogen-bond donors (Lipinski definition) is 0. The van der Waals surface area contributed by atoms with Crippen LogP contribution in [0.3, 0.4) is 0 Å². The number of allylic oxidation sites excluding steroid dienone is 1. The fourth-order valence-electron chi connectivity index (χ4n) is 3.85. The first-order valence-corrected chi connectivity index (χ1v) is 8.78. The number of hydrogen-bond acceptors (Lipinski definition) is 7. The number of carbonyl (C=O) groups excluding carboxylic acids is 2. The molecule has 0 fully saturated rings.